The number of fused-ring (bicyclic) bond motifs is 3. The molecule has 0 saturated heterocycles. The second-order valence-electron chi connectivity index (χ2n) is 7.88. The van der Waals surface area contributed by atoms with Crippen molar-refractivity contribution >= 4 is 22.1 Å². The van der Waals surface area contributed by atoms with Crippen LogP contribution in [0.15, 0.2) is 53.1 Å². The summed E-state index contributed by atoms with van der Waals surface area (Å²) in [6, 6.07) is 14.5. The molecule has 4 rings (SSSR count). The first-order valence-corrected chi connectivity index (χ1v) is 8.65. The van der Waals surface area contributed by atoms with Gasteiger partial charge in [0.05, 0.1) is 5.69 Å². The van der Waals surface area contributed by atoms with Gasteiger partial charge in [0.25, 0.3) is 0 Å². The number of nitrogens with zero attached hydrogens (tertiary/aromatic N) is 2. The fraction of sp³-hybridized carbons (Fsp3) is 0.273. The number of hydrogen-bond donors (Lipinski definition) is 0. The van der Waals surface area contributed by atoms with Crippen molar-refractivity contribution in [2.24, 2.45) is 5.41 Å². The Balaban J connectivity index is 1.82. The van der Waals surface area contributed by atoms with Crippen molar-refractivity contribution in [3.05, 3.63) is 59.9 Å². The number of aromatic nitrogens is 2. The Kier molecular flexibility index (Phi) is 3.60. The van der Waals surface area contributed by atoms with Gasteiger partial charge in [0, 0.05) is 28.2 Å². The summed E-state index contributed by atoms with van der Waals surface area (Å²) in [6.45, 7) is 8.70. The van der Waals surface area contributed by atoms with Gasteiger partial charge >= 0.3 is 0 Å². The van der Waals surface area contributed by atoms with Crippen LogP contribution < -0.4 is 0 Å². The normalized spacial score (nSPS) is 12.2. The smallest absolute Gasteiger partial charge is 0.227 e. The predicted octanol–water partition coefficient (Wildman–Crippen LogP) is 5.94. The molecule has 3 aromatic heterocycles. The predicted molar refractivity (Wildman–Crippen MR) is 103 cm³/mol. The van der Waals surface area contributed by atoms with Gasteiger partial charge in [0.2, 0.25) is 5.71 Å². The number of para-hydroxylation sites is 1. The maximum atomic E-state index is 6.08. The van der Waals surface area contributed by atoms with Crippen molar-refractivity contribution in [3.8, 4) is 11.3 Å². The fourth-order valence-electron chi connectivity index (χ4n) is 3.27. The number of rotatable bonds is 2. The van der Waals surface area contributed by atoms with Crippen molar-refractivity contribution in [2.75, 3.05) is 0 Å². The Morgan fingerprint density at radius 1 is 0.960 bits per heavy atom. The van der Waals surface area contributed by atoms with Crippen LogP contribution in [0, 0.1) is 12.3 Å². The van der Waals surface area contributed by atoms with Gasteiger partial charge in [0.15, 0.2) is 0 Å². The van der Waals surface area contributed by atoms with E-state index in [4.69, 9.17) is 9.40 Å². The van der Waals surface area contributed by atoms with Crippen molar-refractivity contribution in [1.82, 2.24) is 9.97 Å². The van der Waals surface area contributed by atoms with Crippen LogP contribution in [-0.4, -0.2) is 9.97 Å². The van der Waals surface area contributed by atoms with E-state index < -0.39 is 0 Å². The lowest BCUT2D eigenvalue weighted by Gasteiger charge is -2.17. The molecule has 0 radical (unpaired) electrons. The van der Waals surface area contributed by atoms with E-state index in [1.165, 1.54) is 5.56 Å². The average molecular weight is 330 g/mol. The first kappa shape index (κ1) is 15.8. The molecule has 0 spiro atoms. The third-order valence-electron chi connectivity index (χ3n) is 4.34. The maximum absolute atomic E-state index is 6.08. The Morgan fingerprint density at radius 2 is 1.80 bits per heavy atom. The summed E-state index contributed by atoms with van der Waals surface area (Å²) in [5, 5.41) is 2.13. The quantitative estimate of drug-likeness (QED) is 0.456. The highest BCUT2D eigenvalue weighted by Gasteiger charge is 2.15. The molecule has 4 aromatic rings. The van der Waals surface area contributed by atoms with Crippen LogP contribution in [0.25, 0.3) is 33.3 Å². The molecule has 0 bridgehead atoms. The Hall–Kier alpha value is -2.68. The van der Waals surface area contributed by atoms with Gasteiger partial charge in [-0.05, 0) is 48.6 Å². The Bertz CT molecular complexity index is 1050. The van der Waals surface area contributed by atoms with E-state index in [0.29, 0.717) is 5.71 Å². The molecule has 3 nitrogen and oxygen atoms in total. The van der Waals surface area contributed by atoms with Crippen molar-refractivity contribution in [1.29, 1.82) is 0 Å². The van der Waals surface area contributed by atoms with Gasteiger partial charge in [-0.25, -0.2) is 4.98 Å². The molecule has 0 saturated carbocycles. The summed E-state index contributed by atoms with van der Waals surface area (Å²) >= 11 is 0. The van der Waals surface area contributed by atoms with Crippen LogP contribution in [0.3, 0.4) is 0 Å². The largest absolute Gasteiger partial charge is 0.437 e. The van der Waals surface area contributed by atoms with Crippen LogP contribution in [0.5, 0.6) is 0 Å². The Labute approximate surface area is 147 Å². The summed E-state index contributed by atoms with van der Waals surface area (Å²) in [5.41, 5.74) is 5.95. The molecule has 0 unspecified atom stereocenters. The monoisotopic (exact) mass is 330 g/mol. The van der Waals surface area contributed by atoms with E-state index in [0.717, 1.165) is 39.7 Å². The summed E-state index contributed by atoms with van der Waals surface area (Å²) in [7, 11) is 0. The number of aryl methyl sites for hydroxylation is 1. The van der Waals surface area contributed by atoms with Crippen LogP contribution in [0.2, 0.25) is 0 Å². The van der Waals surface area contributed by atoms with Crippen molar-refractivity contribution in [2.45, 2.75) is 34.1 Å². The molecule has 0 amide bonds. The fourth-order valence-corrected chi connectivity index (χ4v) is 3.27. The van der Waals surface area contributed by atoms with E-state index in [1.807, 2.05) is 19.2 Å². The van der Waals surface area contributed by atoms with Crippen LogP contribution in [0.1, 0.15) is 32.0 Å². The van der Waals surface area contributed by atoms with E-state index in [2.05, 4.69) is 62.2 Å². The lowest BCUT2D eigenvalue weighted by molar-refractivity contribution is 0.411. The summed E-state index contributed by atoms with van der Waals surface area (Å²) < 4.78 is 6.08. The molecular formula is C22H22N2O. The van der Waals surface area contributed by atoms with Gasteiger partial charge < -0.3 is 4.42 Å². The molecule has 0 aliphatic rings. The molecule has 0 aliphatic heterocycles. The molecule has 3 heterocycles. The van der Waals surface area contributed by atoms with Crippen molar-refractivity contribution < 1.29 is 4.42 Å². The molecule has 25 heavy (non-hydrogen) atoms. The number of benzene rings is 1. The van der Waals surface area contributed by atoms with Gasteiger partial charge in [-0.15, -0.1) is 0 Å². The van der Waals surface area contributed by atoms with Crippen LogP contribution in [-0.2, 0) is 6.42 Å². The molecular weight excluding hydrogens is 308 g/mol. The first-order chi connectivity index (χ1) is 11.9. The summed E-state index contributed by atoms with van der Waals surface area (Å²) in [4.78, 5) is 9.21. The third-order valence-corrected chi connectivity index (χ3v) is 4.34. The zero-order chi connectivity index (χ0) is 17.6. The van der Waals surface area contributed by atoms with E-state index >= 15 is 0 Å². The minimum absolute atomic E-state index is 0.255. The maximum Gasteiger partial charge on any atom is 0.227 e. The lowest BCUT2D eigenvalue weighted by atomic mass is 9.89. The summed E-state index contributed by atoms with van der Waals surface area (Å²) in [6.07, 6.45) is 2.99. The number of furan rings is 1. The zero-order valence-electron chi connectivity index (χ0n) is 15.1. The second-order valence-corrected chi connectivity index (χ2v) is 7.88. The molecule has 1 aromatic carbocycles. The highest BCUT2D eigenvalue weighted by molar-refractivity contribution is 6.08. The number of pyridine rings is 2. The van der Waals surface area contributed by atoms with E-state index in [1.54, 1.807) is 0 Å². The lowest BCUT2D eigenvalue weighted by Crippen LogP contribution is -2.09. The second kappa shape index (κ2) is 5.69. The molecule has 0 fully saturated rings. The topological polar surface area (TPSA) is 38.9 Å². The first-order valence-electron chi connectivity index (χ1n) is 8.65. The van der Waals surface area contributed by atoms with Gasteiger partial charge in [-0.1, -0.05) is 39.0 Å². The molecule has 126 valence electrons. The standard InChI is InChI=1S/C22H22N2O/c1-14-8-10-17-16-6-5-7-18(20(16)25-21(17)24-14)19-11-9-15(13-23-19)12-22(2,3)4/h5-11,13H,12H2,1-4H3. The molecule has 0 aliphatic carbocycles. The van der Waals surface area contributed by atoms with Gasteiger partial charge in [-0.2, -0.15) is 0 Å². The van der Waals surface area contributed by atoms with Gasteiger partial charge in [-0.3, -0.25) is 4.98 Å². The van der Waals surface area contributed by atoms with Gasteiger partial charge in [0.1, 0.15) is 5.58 Å². The molecule has 3 heteroatoms. The molecule has 0 N–H and O–H groups in total. The van der Waals surface area contributed by atoms with Crippen molar-refractivity contribution in [3.63, 3.8) is 0 Å². The third kappa shape index (κ3) is 3.02. The van der Waals surface area contributed by atoms with Crippen LogP contribution >= 0.6 is 0 Å². The Morgan fingerprint density at radius 3 is 2.52 bits per heavy atom. The van der Waals surface area contributed by atoms with E-state index in [9.17, 15) is 0 Å². The highest BCUT2D eigenvalue weighted by atomic mass is 16.3. The molecule has 0 atom stereocenters. The summed E-state index contributed by atoms with van der Waals surface area (Å²) in [5.74, 6) is 0. The number of hydrogen-bond acceptors (Lipinski definition) is 3. The van der Waals surface area contributed by atoms with E-state index in [-0.39, 0.29) is 5.41 Å². The zero-order valence-corrected chi connectivity index (χ0v) is 15.1. The minimum atomic E-state index is 0.255. The highest BCUT2D eigenvalue weighted by Crippen LogP contribution is 2.34. The SMILES string of the molecule is Cc1ccc2c(n1)oc1c(-c3ccc(CC(C)(C)C)cn3)cccc12. The average Bonchev–Trinajstić information content (AvgIpc) is 2.91. The van der Waals surface area contributed by atoms with Crippen LogP contribution in [0.4, 0.5) is 0 Å². The minimum Gasteiger partial charge on any atom is -0.437 e.